The van der Waals surface area contributed by atoms with Gasteiger partial charge in [0, 0.05) is 6.54 Å². The smallest absolute Gasteiger partial charge is 0.119 e. The summed E-state index contributed by atoms with van der Waals surface area (Å²) in [6.45, 7) is 2.92. The van der Waals surface area contributed by atoms with Gasteiger partial charge in [0.05, 0.1) is 0 Å². The maximum Gasteiger partial charge on any atom is 0.119 e. The normalized spacial score (nSPS) is 32.1. The highest BCUT2D eigenvalue weighted by Crippen LogP contribution is 2.60. The van der Waals surface area contributed by atoms with Crippen LogP contribution in [0.15, 0.2) is 24.3 Å². The van der Waals surface area contributed by atoms with Crippen molar-refractivity contribution in [1.29, 1.82) is 0 Å². The van der Waals surface area contributed by atoms with Crippen molar-refractivity contribution in [3.05, 3.63) is 29.8 Å². The van der Waals surface area contributed by atoms with Crippen LogP contribution in [-0.4, -0.2) is 56.4 Å². The van der Waals surface area contributed by atoms with Gasteiger partial charge in [-0.25, -0.2) is 0 Å². The predicted molar refractivity (Wildman–Crippen MR) is 114 cm³/mol. The molecule has 5 rings (SSSR count). The van der Waals surface area contributed by atoms with E-state index in [9.17, 15) is 5.11 Å². The molecule has 4 bridgehead atoms. The van der Waals surface area contributed by atoms with E-state index in [2.05, 4.69) is 48.6 Å². The molecule has 4 heteroatoms. The van der Waals surface area contributed by atoms with Crippen LogP contribution in [0.5, 0.6) is 5.75 Å². The monoisotopic (exact) mass is 386 g/mol. The Hall–Kier alpha value is -1.10. The fourth-order valence-corrected chi connectivity index (χ4v) is 6.41. The minimum atomic E-state index is -0.470. The second-order valence-electron chi connectivity index (χ2n) is 10.0. The van der Waals surface area contributed by atoms with Gasteiger partial charge in [0.1, 0.15) is 18.5 Å². The summed E-state index contributed by atoms with van der Waals surface area (Å²) in [5.74, 6) is 3.80. The molecule has 2 N–H and O–H groups in total. The van der Waals surface area contributed by atoms with Crippen LogP contribution < -0.4 is 10.1 Å². The van der Waals surface area contributed by atoms with E-state index in [0.29, 0.717) is 18.6 Å². The van der Waals surface area contributed by atoms with Crippen LogP contribution in [0.1, 0.15) is 50.5 Å². The highest BCUT2D eigenvalue weighted by atomic mass is 16.5. The zero-order valence-corrected chi connectivity index (χ0v) is 17.7. The predicted octanol–water partition coefficient (Wildman–Crippen LogP) is 3.44. The molecule has 1 aromatic carbocycles. The average molecular weight is 387 g/mol. The minimum Gasteiger partial charge on any atom is -0.491 e. The summed E-state index contributed by atoms with van der Waals surface area (Å²) in [5.41, 5.74) is 1.98. The van der Waals surface area contributed by atoms with E-state index >= 15 is 0 Å². The molecule has 1 unspecified atom stereocenters. The van der Waals surface area contributed by atoms with Crippen LogP contribution in [-0.2, 0) is 5.41 Å². The number of ether oxygens (including phenoxy) is 1. The molecule has 28 heavy (non-hydrogen) atoms. The molecule has 0 saturated heterocycles. The van der Waals surface area contributed by atoms with Crippen LogP contribution >= 0.6 is 0 Å². The maximum absolute atomic E-state index is 10.1. The molecule has 0 aliphatic heterocycles. The Morgan fingerprint density at radius 2 is 1.68 bits per heavy atom. The number of aliphatic hydroxyl groups excluding tert-OH is 1. The Labute approximate surface area is 170 Å². The SMILES string of the molecule is CN(C)CCCNCC(O)COc1ccc(C23CC4CC(CC(C4)C2)C3)cc1. The number of hydrogen-bond donors (Lipinski definition) is 2. The zero-order valence-electron chi connectivity index (χ0n) is 17.7. The molecular weight excluding hydrogens is 348 g/mol. The number of nitrogens with zero attached hydrogens (tertiary/aromatic N) is 1. The number of aliphatic hydroxyl groups is 1. The van der Waals surface area contributed by atoms with Gasteiger partial charge >= 0.3 is 0 Å². The summed E-state index contributed by atoms with van der Waals surface area (Å²) < 4.78 is 5.84. The van der Waals surface area contributed by atoms with Crippen LogP contribution in [0.25, 0.3) is 0 Å². The lowest BCUT2D eigenvalue weighted by Gasteiger charge is -2.57. The second kappa shape index (κ2) is 8.73. The van der Waals surface area contributed by atoms with E-state index in [1.54, 1.807) is 0 Å². The molecule has 156 valence electrons. The van der Waals surface area contributed by atoms with E-state index in [1.807, 2.05) is 0 Å². The lowest BCUT2D eigenvalue weighted by Crippen LogP contribution is -2.48. The summed E-state index contributed by atoms with van der Waals surface area (Å²) in [6, 6.07) is 8.83. The molecule has 4 aliphatic rings. The van der Waals surface area contributed by atoms with Crippen molar-refractivity contribution in [3.8, 4) is 5.75 Å². The molecule has 4 saturated carbocycles. The number of hydrogen-bond acceptors (Lipinski definition) is 4. The molecule has 0 spiro atoms. The number of rotatable bonds is 10. The van der Waals surface area contributed by atoms with Crippen molar-refractivity contribution in [2.75, 3.05) is 40.3 Å². The lowest BCUT2D eigenvalue weighted by atomic mass is 9.48. The Morgan fingerprint density at radius 3 is 2.25 bits per heavy atom. The standard InChI is InChI=1S/C24H38N2O2/c1-26(2)9-3-8-25-16-22(27)17-28-23-6-4-21(5-7-23)24-13-18-10-19(14-24)12-20(11-18)15-24/h4-7,18-20,22,25,27H,3,8-17H2,1-2H3. The third-order valence-electron chi connectivity index (χ3n) is 7.29. The van der Waals surface area contributed by atoms with Gasteiger partial charge in [0.2, 0.25) is 0 Å². The largest absolute Gasteiger partial charge is 0.491 e. The fraction of sp³-hybridized carbons (Fsp3) is 0.750. The fourth-order valence-electron chi connectivity index (χ4n) is 6.41. The number of benzene rings is 1. The lowest BCUT2D eigenvalue weighted by molar-refractivity contribution is -0.00521. The van der Waals surface area contributed by atoms with Crippen LogP contribution in [0.4, 0.5) is 0 Å². The van der Waals surface area contributed by atoms with Crippen LogP contribution in [0.3, 0.4) is 0 Å². The first-order valence-electron chi connectivity index (χ1n) is 11.3. The van der Waals surface area contributed by atoms with E-state index in [-0.39, 0.29) is 0 Å². The first-order valence-corrected chi connectivity index (χ1v) is 11.3. The topological polar surface area (TPSA) is 44.7 Å². The first kappa shape index (κ1) is 20.2. The third-order valence-corrected chi connectivity index (χ3v) is 7.29. The Balaban J connectivity index is 1.23. The van der Waals surface area contributed by atoms with Crippen LogP contribution in [0, 0.1) is 17.8 Å². The van der Waals surface area contributed by atoms with E-state index < -0.39 is 6.10 Å². The molecule has 1 aromatic rings. The molecule has 0 heterocycles. The van der Waals surface area contributed by atoms with Gasteiger partial charge < -0.3 is 20.1 Å². The second-order valence-corrected chi connectivity index (χ2v) is 10.0. The van der Waals surface area contributed by atoms with Crippen molar-refractivity contribution >= 4 is 0 Å². The Kier molecular flexibility index (Phi) is 6.29. The van der Waals surface area contributed by atoms with Crippen molar-refractivity contribution in [2.24, 2.45) is 17.8 Å². The Bertz CT molecular complexity index is 593. The number of nitrogens with one attached hydrogen (secondary N) is 1. The average Bonchev–Trinajstić information content (AvgIpc) is 2.65. The van der Waals surface area contributed by atoms with Crippen molar-refractivity contribution in [2.45, 2.75) is 56.5 Å². The summed E-state index contributed by atoms with van der Waals surface area (Å²) in [5, 5.41) is 13.4. The molecule has 0 amide bonds. The molecule has 1 atom stereocenters. The van der Waals surface area contributed by atoms with Gasteiger partial charge in [-0.05, 0) is 113 Å². The summed E-state index contributed by atoms with van der Waals surface area (Å²) >= 11 is 0. The van der Waals surface area contributed by atoms with Crippen molar-refractivity contribution in [3.63, 3.8) is 0 Å². The Morgan fingerprint density at radius 1 is 1.07 bits per heavy atom. The first-order chi connectivity index (χ1) is 13.5. The molecule has 4 nitrogen and oxygen atoms in total. The van der Waals surface area contributed by atoms with Crippen molar-refractivity contribution < 1.29 is 9.84 Å². The highest BCUT2D eigenvalue weighted by Gasteiger charge is 2.51. The minimum absolute atomic E-state index is 0.345. The maximum atomic E-state index is 10.1. The third kappa shape index (κ3) is 4.72. The summed E-state index contributed by atoms with van der Waals surface area (Å²) in [4.78, 5) is 2.17. The van der Waals surface area contributed by atoms with E-state index in [4.69, 9.17) is 4.74 Å². The van der Waals surface area contributed by atoms with E-state index in [0.717, 1.165) is 43.0 Å². The molecule has 4 fully saturated rings. The zero-order chi connectivity index (χ0) is 19.6. The molecule has 0 radical (unpaired) electrons. The van der Waals surface area contributed by atoms with Gasteiger partial charge in [0.25, 0.3) is 0 Å². The summed E-state index contributed by atoms with van der Waals surface area (Å²) in [7, 11) is 4.16. The highest BCUT2D eigenvalue weighted by molar-refractivity contribution is 5.34. The van der Waals surface area contributed by atoms with Crippen LogP contribution in [0.2, 0.25) is 0 Å². The van der Waals surface area contributed by atoms with Gasteiger partial charge in [-0.3, -0.25) is 0 Å². The van der Waals surface area contributed by atoms with Gasteiger partial charge in [0.15, 0.2) is 0 Å². The van der Waals surface area contributed by atoms with Gasteiger partial charge in [-0.2, -0.15) is 0 Å². The van der Waals surface area contributed by atoms with Gasteiger partial charge in [-0.15, -0.1) is 0 Å². The molecular formula is C24H38N2O2. The quantitative estimate of drug-likeness (QED) is 0.605. The molecule has 0 aromatic heterocycles. The van der Waals surface area contributed by atoms with Gasteiger partial charge in [-0.1, -0.05) is 12.1 Å². The van der Waals surface area contributed by atoms with E-state index in [1.165, 1.54) is 44.1 Å². The van der Waals surface area contributed by atoms with Crippen molar-refractivity contribution in [1.82, 2.24) is 10.2 Å². The summed E-state index contributed by atoms with van der Waals surface area (Å²) in [6.07, 6.45) is 9.28. The molecule has 4 aliphatic carbocycles.